The molecule has 0 saturated carbocycles. The molecule has 0 aliphatic rings. The number of nitro groups is 1. The first-order chi connectivity index (χ1) is 13.1. The van der Waals surface area contributed by atoms with Crippen LogP contribution in [0.4, 0.5) is 23.0 Å². The molecule has 0 spiro atoms. The number of ether oxygens (including phenoxy) is 1. The van der Waals surface area contributed by atoms with Crippen molar-refractivity contribution in [3.05, 3.63) is 75.6 Å². The maximum absolute atomic E-state index is 11.6. The minimum atomic E-state index is -0.526. The van der Waals surface area contributed by atoms with Gasteiger partial charge in [-0.1, -0.05) is 35.9 Å². The second-order valence-electron chi connectivity index (χ2n) is 5.48. The highest BCUT2D eigenvalue weighted by Crippen LogP contribution is 2.34. The average molecular weight is 386 g/mol. The van der Waals surface area contributed by atoms with E-state index in [4.69, 9.17) is 16.3 Å². The highest BCUT2D eigenvalue weighted by atomic mass is 35.5. The van der Waals surface area contributed by atoms with Crippen LogP contribution < -0.4 is 15.4 Å². The van der Waals surface area contributed by atoms with Crippen LogP contribution in [0.25, 0.3) is 0 Å². The molecule has 138 valence electrons. The van der Waals surface area contributed by atoms with E-state index in [0.29, 0.717) is 23.0 Å². The van der Waals surface area contributed by atoms with Crippen molar-refractivity contribution in [2.45, 2.75) is 6.54 Å². The van der Waals surface area contributed by atoms with Gasteiger partial charge in [0.25, 0.3) is 0 Å². The summed E-state index contributed by atoms with van der Waals surface area (Å²) < 4.78 is 5.26. The summed E-state index contributed by atoms with van der Waals surface area (Å²) >= 11 is 5.87. The van der Waals surface area contributed by atoms with E-state index in [1.165, 1.54) is 13.4 Å². The molecule has 2 aromatic carbocycles. The summed E-state index contributed by atoms with van der Waals surface area (Å²) in [5, 5.41) is 18.2. The minimum absolute atomic E-state index is 0.0677. The van der Waals surface area contributed by atoms with Crippen LogP contribution >= 0.6 is 11.6 Å². The van der Waals surface area contributed by atoms with E-state index in [2.05, 4.69) is 20.6 Å². The van der Waals surface area contributed by atoms with Crippen molar-refractivity contribution < 1.29 is 9.66 Å². The second kappa shape index (κ2) is 8.33. The first-order valence-corrected chi connectivity index (χ1v) is 8.34. The number of nitrogens with zero attached hydrogens (tertiary/aromatic N) is 3. The van der Waals surface area contributed by atoms with Gasteiger partial charge in [0, 0.05) is 11.6 Å². The van der Waals surface area contributed by atoms with Gasteiger partial charge in [-0.05, 0) is 29.8 Å². The number of benzene rings is 2. The molecule has 0 unspecified atom stereocenters. The van der Waals surface area contributed by atoms with Crippen molar-refractivity contribution >= 4 is 34.6 Å². The molecule has 0 bridgehead atoms. The summed E-state index contributed by atoms with van der Waals surface area (Å²) in [6, 6.07) is 14.2. The van der Waals surface area contributed by atoms with Crippen LogP contribution in [0.5, 0.6) is 5.75 Å². The Morgan fingerprint density at radius 2 is 1.81 bits per heavy atom. The highest BCUT2D eigenvalue weighted by molar-refractivity contribution is 6.30. The number of halogens is 1. The Labute approximate surface area is 160 Å². The fraction of sp³-hybridized carbons (Fsp3) is 0.111. The van der Waals surface area contributed by atoms with Crippen molar-refractivity contribution in [3.63, 3.8) is 0 Å². The third-order valence-corrected chi connectivity index (χ3v) is 3.99. The largest absolute Gasteiger partial charge is 0.495 e. The van der Waals surface area contributed by atoms with E-state index in [-0.39, 0.29) is 17.3 Å². The zero-order chi connectivity index (χ0) is 19.2. The number of hydrogen-bond donors (Lipinski definition) is 2. The molecule has 0 aliphatic heterocycles. The van der Waals surface area contributed by atoms with Crippen molar-refractivity contribution in [2.24, 2.45) is 0 Å². The zero-order valence-electron chi connectivity index (χ0n) is 14.3. The number of nitrogens with one attached hydrogen (secondary N) is 2. The van der Waals surface area contributed by atoms with Crippen LogP contribution in [0.3, 0.4) is 0 Å². The monoisotopic (exact) mass is 385 g/mol. The molecule has 0 aliphatic carbocycles. The first-order valence-electron chi connectivity index (χ1n) is 7.96. The molecular weight excluding hydrogens is 370 g/mol. The van der Waals surface area contributed by atoms with Crippen LogP contribution in [0.1, 0.15) is 5.56 Å². The van der Waals surface area contributed by atoms with Gasteiger partial charge in [-0.2, -0.15) is 0 Å². The van der Waals surface area contributed by atoms with Gasteiger partial charge in [0.05, 0.1) is 17.7 Å². The summed E-state index contributed by atoms with van der Waals surface area (Å²) in [6.07, 6.45) is 1.26. The molecular formula is C18H16ClN5O3. The summed E-state index contributed by atoms with van der Waals surface area (Å²) in [4.78, 5) is 19.2. The number of para-hydroxylation sites is 2. The van der Waals surface area contributed by atoms with Gasteiger partial charge in [-0.3, -0.25) is 10.1 Å². The lowest BCUT2D eigenvalue weighted by Crippen LogP contribution is -2.08. The number of methoxy groups -OCH3 is 1. The molecule has 0 atom stereocenters. The normalized spacial score (nSPS) is 10.3. The molecule has 0 fully saturated rings. The van der Waals surface area contributed by atoms with E-state index >= 15 is 0 Å². The quantitative estimate of drug-likeness (QED) is 0.459. The smallest absolute Gasteiger partial charge is 0.353 e. The molecule has 3 rings (SSSR count). The summed E-state index contributed by atoms with van der Waals surface area (Å²) in [7, 11) is 1.52. The predicted molar refractivity (Wildman–Crippen MR) is 104 cm³/mol. The van der Waals surface area contributed by atoms with E-state index in [1.807, 2.05) is 12.1 Å². The molecule has 1 heterocycles. The van der Waals surface area contributed by atoms with E-state index in [1.54, 1.807) is 36.4 Å². The Morgan fingerprint density at radius 1 is 1.11 bits per heavy atom. The highest BCUT2D eigenvalue weighted by Gasteiger charge is 2.23. The third kappa shape index (κ3) is 4.42. The van der Waals surface area contributed by atoms with Gasteiger partial charge in [0.15, 0.2) is 0 Å². The van der Waals surface area contributed by atoms with Crippen LogP contribution in [0.2, 0.25) is 5.02 Å². The number of rotatable bonds is 7. The Hall–Kier alpha value is -3.39. The Bertz CT molecular complexity index is 950. The van der Waals surface area contributed by atoms with Gasteiger partial charge in [-0.15, -0.1) is 0 Å². The molecule has 0 radical (unpaired) electrons. The van der Waals surface area contributed by atoms with Gasteiger partial charge < -0.3 is 15.4 Å². The van der Waals surface area contributed by atoms with Gasteiger partial charge in [0.2, 0.25) is 11.6 Å². The van der Waals surface area contributed by atoms with E-state index in [0.717, 1.165) is 5.56 Å². The molecule has 27 heavy (non-hydrogen) atoms. The molecule has 3 aromatic rings. The zero-order valence-corrected chi connectivity index (χ0v) is 15.1. The maximum atomic E-state index is 11.6. The maximum Gasteiger partial charge on any atom is 0.353 e. The third-order valence-electron chi connectivity index (χ3n) is 3.74. The number of aromatic nitrogens is 2. The van der Waals surface area contributed by atoms with Gasteiger partial charge >= 0.3 is 5.69 Å². The van der Waals surface area contributed by atoms with E-state index in [9.17, 15) is 10.1 Å². The number of anilines is 3. The molecule has 1 aromatic heterocycles. The summed E-state index contributed by atoms with van der Waals surface area (Å²) in [6.45, 7) is 0.350. The topological polar surface area (TPSA) is 102 Å². The lowest BCUT2D eigenvalue weighted by Gasteiger charge is -2.12. The Balaban J connectivity index is 1.88. The van der Waals surface area contributed by atoms with Crippen LogP contribution in [-0.2, 0) is 6.54 Å². The Morgan fingerprint density at radius 3 is 2.52 bits per heavy atom. The average Bonchev–Trinajstić information content (AvgIpc) is 2.68. The lowest BCUT2D eigenvalue weighted by molar-refractivity contribution is -0.383. The van der Waals surface area contributed by atoms with Gasteiger partial charge in [-0.25, -0.2) is 9.97 Å². The second-order valence-corrected chi connectivity index (χ2v) is 5.92. The standard InChI is InChI=1S/C18H16ClN5O3/c1-27-15-5-3-2-4-14(15)23-18-16(24(25)26)17(21-11-22-18)20-10-12-6-8-13(19)9-7-12/h2-9,11H,10H2,1H3,(H2,20,21,22,23). The van der Waals surface area contributed by atoms with Gasteiger partial charge in [0.1, 0.15) is 12.1 Å². The molecule has 0 amide bonds. The molecule has 2 N–H and O–H groups in total. The Kier molecular flexibility index (Phi) is 5.68. The van der Waals surface area contributed by atoms with Crippen molar-refractivity contribution in [1.29, 1.82) is 0 Å². The predicted octanol–water partition coefficient (Wildman–Crippen LogP) is 4.40. The fourth-order valence-electron chi connectivity index (χ4n) is 2.44. The van der Waals surface area contributed by atoms with Crippen molar-refractivity contribution in [2.75, 3.05) is 17.7 Å². The first kappa shape index (κ1) is 18.4. The summed E-state index contributed by atoms with van der Waals surface area (Å²) in [5.41, 5.74) is 1.22. The van der Waals surface area contributed by atoms with Crippen LogP contribution in [0, 0.1) is 10.1 Å². The van der Waals surface area contributed by atoms with Crippen LogP contribution in [-0.4, -0.2) is 22.0 Å². The lowest BCUT2D eigenvalue weighted by atomic mass is 10.2. The van der Waals surface area contributed by atoms with E-state index < -0.39 is 4.92 Å². The number of hydrogen-bond acceptors (Lipinski definition) is 7. The summed E-state index contributed by atoms with van der Waals surface area (Å²) in [5.74, 6) is 0.724. The fourth-order valence-corrected chi connectivity index (χ4v) is 2.56. The molecule has 9 heteroatoms. The SMILES string of the molecule is COc1ccccc1Nc1ncnc(NCc2ccc(Cl)cc2)c1[N+](=O)[O-]. The van der Waals surface area contributed by atoms with Crippen LogP contribution in [0.15, 0.2) is 54.9 Å². The van der Waals surface area contributed by atoms with Crippen molar-refractivity contribution in [1.82, 2.24) is 9.97 Å². The minimum Gasteiger partial charge on any atom is -0.495 e. The molecule has 8 nitrogen and oxygen atoms in total. The molecule has 0 saturated heterocycles. The van der Waals surface area contributed by atoms with Crippen molar-refractivity contribution in [3.8, 4) is 5.75 Å².